The van der Waals surface area contributed by atoms with Gasteiger partial charge < -0.3 is 16.0 Å². The van der Waals surface area contributed by atoms with E-state index in [0.717, 1.165) is 16.7 Å². The van der Waals surface area contributed by atoms with Crippen LogP contribution >= 0.6 is 0 Å². The lowest BCUT2D eigenvalue weighted by atomic mass is 10.0. The summed E-state index contributed by atoms with van der Waals surface area (Å²) in [5, 5.41) is 2.66. The minimum atomic E-state index is -0.640. The van der Waals surface area contributed by atoms with Crippen molar-refractivity contribution in [3.8, 4) is 0 Å². The van der Waals surface area contributed by atoms with Crippen molar-refractivity contribution in [3.05, 3.63) is 70.8 Å². The second-order valence-corrected chi connectivity index (χ2v) is 6.36. The Balaban J connectivity index is 2.07. The second kappa shape index (κ2) is 8.33. The number of nitrogens with two attached hydrogens (primary N) is 1. The summed E-state index contributed by atoms with van der Waals surface area (Å²) in [5.74, 6) is -0.0532. The van der Waals surface area contributed by atoms with E-state index in [-0.39, 0.29) is 12.3 Å². The Kier molecular flexibility index (Phi) is 6.17. The zero-order valence-corrected chi connectivity index (χ0v) is 15.0. The van der Waals surface area contributed by atoms with Crippen LogP contribution in [0.4, 0.5) is 4.79 Å². The average molecular weight is 339 g/mol. The van der Waals surface area contributed by atoms with Crippen molar-refractivity contribution in [2.75, 3.05) is 7.05 Å². The molecule has 0 heterocycles. The summed E-state index contributed by atoms with van der Waals surface area (Å²) in [5.41, 5.74) is 9.59. The van der Waals surface area contributed by atoms with E-state index in [1.807, 2.05) is 56.3 Å². The largest absolute Gasteiger partial charge is 0.352 e. The highest BCUT2D eigenvalue weighted by molar-refractivity contribution is 5.78. The van der Waals surface area contributed by atoms with Gasteiger partial charge in [-0.1, -0.05) is 54.1 Å². The molecular weight excluding hydrogens is 314 g/mol. The van der Waals surface area contributed by atoms with Crippen molar-refractivity contribution in [2.45, 2.75) is 32.9 Å². The van der Waals surface area contributed by atoms with Gasteiger partial charge in [-0.3, -0.25) is 4.79 Å². The zero-order valence-electron chi connectivity index (χ0n) is 15.0. The van der Waals surface area contributed by atoms with Gasteiger partial charge in [0.25, 0.3) is 0 Å². The number of nitrogens with one attached hydrogen (secondary N) is 1. The highest BCUT2D eigenvalue weighted by Gasteiger charge is 2.20. The van der Waals surface area contributed by atoms with Gasteiger partial charge >= 0.3 is 6.03 Å². The summed E-state index contributed by atoms with van der Waals surface area (Å²) in [6, 6.07) is 14.5. The highest BCUT2D eigenvalue weighted by Crippen LogP contribution is 2.19. The van der Waals surface area contributed by atoms with Crippen molar-refractivity contribution in [3.63, 3.8) is 0 Å². The molecule has 1 atom stereocenters. The third-order valence-electron chi connectivity index (χ3n) is 4.23. The Bertz CT molecular complexity index is 744. The van der Waals surface area contributed by atoms with Gasteiger partial charge in [0.05, 0.1) is 12.5 Å². The predicted molar refractivity (Wildman–Crippen MR) is 98.9 cm³/mol. The summed E-state index contributed by atoms with van der Waals surface area (Å²) >= 11 is 0. The molecule has 3 amide bonds. The molecule has 2 rings (SSSR count). The maximum absolute atomic E-state index is 12.6. The van der Waals surface area contributed by atoms with Crippen LogP contribution in [0.3, 0.4) is 0 Å². The van der Waals surface area contributed by atoms with E-state index >= 15 is 0 Å². The Labute approximate surface area is 148 Å². The maximum Gasteiger partial charge on any atom is 0.312 e. The third-order valence-corrected chi connectivity index (χ3v) is 4.23. The smallest absolute Gasteiger partial charge is 0.312 e. The number of carbonyl (C=O) groups is 2. The maximum atomic E-state index is 12.6. The fraction of sp³-hybridized carbons (Fsp3) is 0.300. The first-order valence-electron chi connectivity index (χ1n) is 8.28. The molecule has 5 nitrogen and oxygen atoms in total. The molecule has 2 aromatic carbocycles. The van der Waals surface area contributed by atoms with Gasteiger partial charge in [0.1, 0.15) is 0 Å². The van der Waals surface area contributed by atoms with Crippen molar-refractivity contribution >= 4 is 11.9 Å². The molecule has 0 saturated carbocycles. The molecule has 0 fully saturated rings. The fourth-order valence-electron chi connectivity index (χ4n) is 2.81. The minimum absolute atomic E-state index is 0.0532. The first kappa shape index (κ1) is 18.5. The number of aryl methyl sites for hydroxylation is 2. The standard InChI is InChI=1S/C20H25N3O2/c1-14-9-10-17(15(2)11-14)13-23(3)19(24)12-18(22-20(21)25)16-7-5-4-6-8-16/h4-11,18H,12-13H2,1-3H3,(H3,21,22,25)/t18-/m1/s1. The van der Waals surface area contributed by atoms with E-state index in [9.17, 15) is 9.59 Å². The van der Waals surface area contributed by atoms with E-state index in [0.29, 0.717) is 6.54 Å². The molecule has 0 saturated heterocycles. The lowest BCUT2D eigenvalue weighted by molar-refractivity contribution is -0.130. The number of amides is 3. The van der Waals surface area contributed by atoms with Crippen LogP contribution in [0.15, 0.2) is 48.5 Å². The quantitative estimate of drug-likeness (QED) is 0.849. The van der Waals surface area contributed by atoms with Crippen LogP contribution in [-0.2, 0) is 11.3 Å². The normalized spacial score (nSPS) is 11.6. The molecule has 0 bridgehead atoms. The van der Waals surface area contributed by atoms with Crippen molar-refractivity contribution < 1.29 is 9.59 Å². The van der Waals surface area contributed by atoms with Crippen molar-refractivity contribution in [1.29, 1.82) is 0 Å². The Morgan fingerprint density at radius 3 is 2.40 bits per heavy atom. The summed E-state index contributed by atoms with van der Waals surface area (Å²) in [4.78, 5) is 25.6. The lowest BCUT2D eigenvalue weighted by Gasteiger charge is -2.23. The van der Waals surface area contributed by atoms with E-state index in [4.69, 9.17) is 5.73 Å². The van der Waals surface area contributed by atoms with Gasteiger partial charge in [0.15, 0.2) is 0 Å². The number of benzene rings is 2. The summed E-state index contributed by atoms with van der Waals surface area (Å²) in [6.45, 7) is 4.62. The third kappa shape index (κ3) is 5.35. The number of primary amides is 1. The molecule has 0 aliphatic rings. The van der Waals surface area contributed by atoms with E-state index in [2.05, 4.69) is 11.4 Å². The number of carbonyl (C=O) groups excluding carboxylic acids is 2. The van der Waals surface area contributed by atoms with Crippen molar-refractivity contribution in [2.24, 2.45) is 5.73 Å². The van der Waals surface area contributed by atoms with Gasteiger partial charge in [-0.25, -0.2) is 4.79 Å². The summed E-state index contributed by atoms with van der Waals surface area (Å²) in [7, 11) is 1.77. The van der Waals surface area contributed by atoms with E-state index < -0.39 is 12.1 Å². The second-order valence-electron chi connectivity index (χ2n) is 6.36. The molecule has 0 aromatic heterocycles. The average Bonchev–Trinajstić information content (AvgIpc) is 2.57. The van der Waals surface area contributed by atoms with Gasteiger partial charge in [0, 0.05) is 13.6 Å². The highest BCUT2D eigenvalue weighted by atomic mass is 16.2. The molecule has 132 valence electrons. The number of urea groups is 1. The molecule has 2 aromatic rings. The molecule has 25 heavy (non-hydrogen) atoms. The first-order chi connectivity index (χ1) is 11.9. The minimum Gasteiger partial charge on any atom is -0.352 e. The lowest BCUT2D eigenvalue weighted by Crippen LogP contribution is -2.37. The molecular formula is C20H25N3O2. The summed E-state index contributed by atoms with van der Waals surface area (Å²) < 4.78 is 0. The topological polar surface area (TPSA) is 75.4 Å². The number of hydrogen-bond donors (Lipinski definition) is 2. The van der Waals surface area contributed by atoms with Gasteiger partial charge in [-0.15, -0.1) is 0 Å². The SMILES string of the molecule is Cc1ccc(CN(C)C(=O)C[C@@H](NC(N)=O)c2ccccc2)c(C)c1. The zero-order chi connectivity index (χ0) is 18.4. The number of rotatable bonds is 6. The fourth-order valence-corrected chi connectivity index (χ4v) is 2.81. The van der Waals surface area contributed by atoms with Crippen LogP contribution in [0.5, 0.6) is 0 Å². The molecule has 3 N–H and O–H groups in total. The Morgan fingerprint density at radius 1 is 1.12 bits per heavy atom. The predicted octanol–water partition coefficient (Wildman–Crippen LogP) is 3.06. The molecule has 0 radical (unpaired) electrons. The molecule has 0 aliphatic carbocycles. The number of hydrogen-bond acceptors (Lipinski definition) is 2. The monoisotopic (exact) mass is 339 g/mol. The first-order valence-corrected chi connectivity index (χ1v) is 8.28. The molecule has 0 aliphatic heterocycles. The van der Waals surface area contributed by atoms with Crippen LogP contribution < -0.4 is 11.1 Å². The van der Waals surface area contributed by atoms with Crippen molar-refractivity contribution in [1.82, 2.24) is 10.2 Å². The Morgan fingerprint density at radius 2 is 1.80 bits per heavy atom. The Hall–Kier alpha value is -2.82. The molecule has 0 unspecified atom stereocenters. The van der Waals surface area contributed by atoms with Crippen LogP contribution in [0, 0.1) is 13.8 Å². The summed E-state index contributed by atoms with van der Waals surface area (Å²) in [6.07, 6.45) is 0.161. The van der Waals surface area contributed by atoms with E-state index in [1.165, 1.54) is 5.56 Å². The van der Waals surface area contributed by atoms with Crippen LogP contribution in [0.2, 0.25) is 0 Å². The van der Waals surface area contributed by atoms with Gasteiger partial charge in [0.2, 0.25) is 5.91 Å². The van der Waals surface area contributed by atoms with E-state index in [1.54, 1.807) is 11.9 Å². The van der Waals surface area contributed by atoms with Crippen LogP contribution in [-0.4, -0.2) is 23.9 Å². The van der Waals surface area contributed by atoms with Crippen LogP contribution in [0.1, 0.15) is 34.7 Å². The number of nitrogens with zero attached hydrogens (tertiary/aromatic N) is 1. The van der Waals surface area contributed by atoms with Gasteiger partial charge in [-0.2, -0.15) is 0 Å². The molecule has 0 spiro atoms. The van der Waals surface area contributed by atoms with Crippen LogP contribution in [0.25, 0.3) is 0 Å². The van der Waals surface area contributed by atoms with Gasteiger partial charge in [-0.05, 0) is 30.5 Å². The molecule has 5 heteroatoms.